The van der Waals surface area contributed by atoms with Gasteiger partial charge in [0.2, 0.25) is 0 Å². The molecule has 0 amide bonds. The molecule has 1 aromatic carbocycles. The lowest BCUT2D eigenvalue weighted by atomic mass is 9.84. The van der Waals surface area contributed by atoms with Gasteiger partial charge in [-0.2, -0.15) is 14.9 Å². The Morgan fingerprint density at radius 1 is 1.17 bits per heavy atom. The van der Waals surface area contributed by atoms with E-state index in [9.17, 15) is 4.39 Å². The van der Waals surface area contributed by atoms with Gasteiger partial charge in [0.25, 0.3) is 0 Å². The molecule has 0 aliphatic heterocycles. The lowest BCUT2D eigenvalue weighted by Crippen LogP contribution is -2.21. The highest BCUT2D eigenvalue weighted by Crippen LogP contribution is 2.30. The number of rotatable bonds is 6. The second-order valence-electron chi connectivity index (χ2n) is 6.00. The van der Waals surface area contributed by atoms with E-state index < -0.39 is 5.83 Å². The van der Waals surface area contributed by atoms with E-state index in [1.165, 1.54) is 12.1 Å². The Morgan fingerprint density at radius 3 is 2.48 bits per heavy atom. The van der Waals surface area contributed by atoms with Crippen LogP contribution in [0.1, 0.15) is 49.7 Å². The summed E-state index contributed by atoms with van der Waals surface area (Å²) in [5.74, 6) is -0.0723. The molecule has 120 valence electrons. The molecule has 1 saturated carbocycles. The molecule has 4 heteroatoms. The van der Waals surface area contributed by atoms with E-state index in [0.717, 1.165) is 37.7 Å². The fourth-order valence-corrected chi connectivity index (χ4v) is 2.97. The van der Waals surface area contributed by atoms with Crippen molar-refractivity contribution in [3.05, 3.63) is 47.3 Å². The van der Waals surface area contributed by atoms with Gasteiger partial charge in [-0.05, 0) is 68.2 Å². The Bertz CT molecular complexity index is 602. The highest BCUT2D eigenvalue weighted by Gasteiger charge is 2.21. The lowest BCUT2D eigenvalue weighted by molar-refractivity contribution is 0.00646. The molecule has 0 N–H and O–H groups in total. The first-order valence-electron chi connectivity index (χ1n) is 8.07. The van der Waals surface area contributed by atoms with Gasteiger partial charge < -0.3 is 4.74 Å². The van der Waals surface area contributed by atoms with Crippen LogP contribution in [0.3, 0.4) is 0 Å². The summed E-state index contributed by atoms with van der Waals surface area (Å²) in [6.45, 7) is 0.581. The molecule has 0 spiro atoms. The summed E-state index contributed by atoms with van der Waals surface area (Å²) in [7, 11) is 0. The largest absolute Gasteiger partial charge is 0.374 e. The van der Waals surface area contributed by atoms with Gasteiger partial charge in [0, 0.05) is 0 Å². The molecule has 0 radical (unpaired) electrons. The Morgan fingerprint density at radius 2 is 1.87 bits per heavy atom. The SMILES string of the molecule is N#C/C(F)=C/CCC1CCC(OCc2ccc(C#N)cc2)CC1. The molecule has 1 aliphatic carbocycles. The Labute approximate surface area is 137 Å². The van der Waals surface area contributed by atoms with Crippen LogP contribution in [0.25, 0.3) is 0 Å². The summed E-state index contributed by atoms with van der Waals surface area (Å²) in [4.78, 5) is 0. The zero-order valence-corrected chi connectivity index (χ0v) is 13.2. The highest BCUT2D eigenvalue weighted by atomic mass is 19.1. The van der Waals surface area contributed by atoms with Crippen molar-refractivity contribution in [1.82, 2.24) is 0 Å². The average Bonchev–Trinajstić information content (AvgIpc) is 2.61. The summed E-state index contributed by atoms with van der Waals surface area (Å²) in [5, 5.41) is 17.1. The third kappa shape index (κ3) is 5.85. The zero-order chi connectivity index (χ0) is 16.5. The predicted molar refractivity (Wildman–Crippen MR) is 85.7 cm³/mol. The monoisotopic (exact) mass is 312 g/mol. The molecule has 0 atom stereocenters. The lowest BCUT2D eigenvalue weighted by Gasteiger charge is -2.28. The van der Waals surface area contributed by atoms with Crippen molar-refractivity contribution in [3.63, 3.8) is 0 Å². The maximum Gasteiger partial charge on any atom is 0.196 e. The van der Waals surface area contributed by atoms with E-state index >= 15 is 0 Å². The van der Waals surface area contributed by atoms with Crippen LogP contribution in [0, 0.1) is 28.6 Å². The van der Waals surface area contributed by atoms with Crippen LogP contribution in [0.5, 0.6) is 0 Å². The standard InChI is InChI=1S/C19H21FN2O/c20-18(13-22)3-1-2-15-8-10-19(11-9-15)23-14-17-6-4-16(12-21)5-7-17/h3-7,15,19H,1-2,8-11,14H2/b18-3-. The van der Waals surface area contributed by atoms with Crippen LogP contribution in [0.2, 0.25) is 0 Å². The van der Waals surface area contributed by atoms with E-state index in [2.05, 4.69) is 6.07 Å². The normalized spacial score (nSPS) is 21.4. The molecule has 0 unspecified atom stereocenters. The quantitative estimate of drug-likeness (QED) is 0.709. The van der Waals surface area contributed by atoms with Gasteiger partial charge in [-0.3, -0.25) is 0 Å². The molecule has 2 rings (SSSR count). The van der Waals surface area contributed by atoms with Crippen LogP contribution >= 0.6 is 0 Å². The highest BCUT2D eigenvalue weighted by molar-refractivity contribution is 5.31. The number of ether oxygens (including phenoxy) is 1. The van der Waals surface area contributed by atoms with Crippen LogP contribution in [-0.2, 0) is 11.3 Å². The Balaban J connectivity index is 1.66. The second-order valence-corrected chi connectivity index (χ2v) is 6.00. The predicted octanol–water partition coefficient (Wildman–Crippen LogP) is 4.79. The summed E-state index contributed by atoms with van der Waals surface area (Å²) in [6, 6.07) is 11.1. The molecule has 3 nitrogen and oxygen atoms in total. The maximum absolute atomic E-state index is 12.7. The molecule has 0 aromatic heterocycles. The van der Waals surface area contributed by atoms with Crippen LogP contribution < -0.4 is 0 Å². The van der Waals surface area contributed by atoms with Crippen LogP contribution in [0.4, 0.5) is 4.39 Å². The number of nitrogens with zero attached hydrogens (tertiary/aromatic N) is 2. The zero-order valence-electron chi connectivity index (χ0n) is 13.2. The third-order valence-corrected chi connectivity index (χ3v) is 4.37. The van der Waals surface area contributed by atoms with Crippen molar-refractivity contribution in [2.24, 2.45) is 5.92 Å². The topological polar surface area (TPSA) is 56.8 Å². The van der Waals surface area contributed by atoms with E-state index in [-0.39, 0.29) is 6.10 Å². The van der Waals surface area contributed by atoms with Gasteiger partial charge in [0.15, 0.2) is 5.83 Å². The molecular weight excluding hydrogens is 291 g/mol. The molecule has 23 heavy (non-hydrogen) atoms. The number of hydrogen-bond acceptors (Lipinski definition) is 3. The van der Waals surface area contributed by atoms with Gasteiger partial charge in [0.1, 0.15) is 6.07 Å². The summed E-state index contributed by atoms with van der Waals surface area (Å²) in [5.41, 5.74) is 1.75. The molecular formula is C19H21FN2O. The number of hydrogen-bond donors (Lipinski definition) is 0. The van der Waals surface area contributed by atoms with E-state index in [4.69, 9.17) is 15.3 Å². The van der Waals surface area contributed by atoms with Crippen LogP contribution in [0.15, 0.2) is 36.2 Å². The number of benzene rings is 1. The van der Waals surface area contributed by atoms with Gasteiger partial charge >= 0.3 is 0 Å². The average molecular weight is 312 g/mol. The summed E-state index contributed by atoms with van der Waals surface area (Å²) in [6.07, 6.45) is 7.51. The Hall–Kier alpha value is -2.17. The van der Waals surface area contributed by atoms with Gasteiger partial charge in [0.05, 0.1) is 24.3 Å². The van der Waals surface area contributed by atoms with Crippen molar-refractivity contribution >= 4 is 0 Å². The molecule has 0 heterocycles. The molecule has 1 aromatic rings. The van der Waals surface area contributed by atoms with E-state index in [1.54, 1.807) is 0 Å². The minimum atomic E-state index is -0.676. The van der Waals surface area contributed by atoms with Gasteiger partial charge in [-0.15, -0.1) is 0 Å². The summed E-state index contributed by atoms with van der Waals surface area (Å²) >= 11 is 0. The molecule has 0 bridgehead atoms. The minimum absolute atomic E-state index is 0.285. The second kappa shape index (κ2) is 9.08. The number of nitriles is 2. The molecule has 0 saturated heterocycles. The minimum Gasteiger partial charge on any atom is -0.374 e. The number of halogens is 1. The van der Waals surface area contributed by atoms with Crippen molar-refractivity contribution in [3.8, 4) is 12.1 Å². The van der Waals surface area contributed by atoms with Crippen molar-refractivity contribution in [2.75, 3.05) is 0 Å². The van der Waals surface area contributed by atoms with Crippen LogP contribution in [-0.4, -0.2) is 6.10 Å². The first kappa shape index (κ1) is 17.2. The molecule has 1 aliphatic rings. The van der Waals surface area contributed by atoms with E-state index in [0.29, 0.717) is 24.5 Å². The van der Waals surface area contributed by atoms with Crippen molar-refractivity contribution in [2.45, 2.75) is 51.2 Å². The van der Waals surface area contributed by atoms with Gasteiger partial charge in [-0.25, -0.2) is 0 Å². The Kier molecular flexibility index (Phi) is 6.78. The van der Waals surface area contributed by atoms with Crippen molar-refractivity contribution in [1.29, 1.82) is 10.5 Å². The number of allylic oxidation sites excluding steroid dienone is 2. The fraction of sp³-hybridized carbons (Fsp3) is 0.474. The summed E-state index contributed by atoms with van der Waals surface area (Å²) < 4.78 is 18.7. The molecule has 1 fully saturated rings. The van der Waals surface area contributed by atoms with Crippen molar-refractivity contribution < 1.29 is 9.13 Å². The third-order valence-electron chi connectivity index (χ3n) is 4.37. The first-order chi connectivity index (χ1) is 11.2. The van der Waals surface area contributed by atoms with E-state index in [1.807, 2.05) is 24.3 Å². The fourth-order valence-electron chi connectivity index (χ4n) is 2.97. The first-order valence-corrected chi connectivity index (χ1v) is 8.07. The smallest absolute Gasteiger partial charge is 0.196 e. The van der Waals surface area contributed by atoms with Gasteiger partial charge in [-0.1, -0.05) is 12.1 Å². The maximum atomic E-state index is 12.7.